The summed E-state index contributed by atoms with van der Waals surface area (Å²) < 4.78 is 13.6. The van der Waals surface area contributed by atoms with Crippen molar-refractivity contribution in [3.8, 4) is 0 Å². The highest BCUT2D eigenvalue weighted by molar-refractivity contribution is 4.82. The average Bonchev–Trinajstić information content (AvgIpc) is 3.12. The van der Waals surface area contributed by atoms with Crippen LogP contribution in [0.4, 0.5) is 0 Å². The number of nitrogens with zero attached hydrogens (tertiary/aromatic N) is 1. The molecule has 0 aliphatic carbocycles. The smallest absolute Gasteiger partial charge is 0.130 e. The molecule has 0 amide bonds. The molecule has 5 nitrogen and oxygen atoms in total. The van der Waals surface area contributed by atoms with Crippen LogP contribution in [0.25, 0.3) is 5.73 Å². The molecule has 2 N–H and O–H groups in total. The number of allylic oxidation sites excluding steroid dienone is 4. The van der Waals surface area contributed by atoms with E-state index in [9.17, 15) is 0 Å². The van der Waals surface area contributed by atoms with Gasteiger partial charge in [0.2, 0.25) is 0 Å². The molecule has 0 aliphatic rings. The molecule has 0 saturated carbocycles. The highest BCUT2D eigenvalue weighted by Crippen LogP contribution is 2.13. The molecule has 51 heavy (non-hydrogen) atoms. The number of ether oxygens (including phenoxy) is 2. The molecule has 0 aromatic carbocycles. The van der Waals surface area contributed by atoms with E-state index in [4.69, 9.17) is 15.2 Å². The first-order valence-electron chi connectivity index (χ1n) is 22.7. The summed E-state index contributed by atoms with van der Waals surface area (Å²) in [5.41, 5.74) is 7.36. The van der Waals surface area contributed by atoms with Gasteiger partial charge in [-0.05, 0) is 70.8 Å². The molecular formula is C46H93N3O2. The third-order valence-corrected chi connectivity index (χ3v) is 10.2. The topological polar surface area (TPSA) is 54.3 Å². The Hall–Kier alpha value is -0.720. The largest absolute Gasteiger partial charge is 0.677 e. The van der Waals surface area contributed by atoms with Gasteiger partial charge in [0.05, 0.1) is 27.2 Å². The Morgan fingerprint density at radius 2 is 0.922 bits per heavy atom. The van der Waals surface area contributed by atoms with Gasteiger partial charge in [0, 0.05) is 19.8 Å². The molecule has 0 saturated heterocycles. The predicted molar refractivity (Wildman–Crippen MR) is 228 cm³/mol. The second-order valence-corrected chi connectivity index (χ2v) is 16.1. The third-order valence-electron chi connectivity index (χ3n) is 10.2. The van der Waals surface area contributed by atoms with Crippen LogP contribution < -0.4 is 5.32 Å². The molecule has 0 aliphatic heterocycles. The number of likely N-dealkylation sites (N-methyl/N-ethyl adjacent to an activating group) is 1. The zero-order valence-corrected chi connectivity index (χ0v) is 35.3. The molecule has 0 bridgehead atoms. The maximum Gasteiger partial charge on any atom is 0.130 e. The van der Waals surface area contributed by atoms with Crippen LogP contribution in [0.2, 0.25) is 0 Å². The standard InChI is InChI=1S/C46H93N3O2/c1-5-7-9-11-13-15-17-19-21-23-25-27-29-31-33-35-42-50-45-46(44-49(3,4)41-40-48-39-37-38-47)51-43-36-34-32-30-28-26-24-22-20-18-16-14-12-10-8-6-2/h19-22,46-48H,5-18,23-45H2,1-4H3/b21-19+,22-20+. The van der Waals surface area contributed by atoms with Gasteiger partial charge in [-0.25, -0.2) is 0 Å². The minimum absolute atomic E-state index is 0.158. The summed E-state index contributed by atoms with van der Waals surface area (Å²) in [6.07, 6.45) is 48.2. The zero-order chi connectivity index (χ0) is 37.2. The van der Waals surface area contributed by atoms with Gasteiger partial charge in [0.15, 0.2) is 0 Å². The number of rotatable bonds is 43. The Bertz CT molecular complexity index is 711. The van der Waals surface area contributed by atoms with Crippen molar-refractivity contribution in [2.45, 2.75) is 206 Å². The highest BCUT2D eigenvalue weighted by atomic mass is 16.5. The van der Waals surface area contributed by atoms with Crippen molar-refractivity contribution < 1.29 is 14.0 Å². The van der Waals surface area contributed by atoms with Crippen molar-refractivity contribution in [3.63, 3.8) is 0 Å². The molecule has 0 rings (SSSR count). The Labute approximate surface area is 321 Å². The fourth-order valence-electron chi connectivity index (χ4n) is 6.78. The lowest BCUT2D eigenvalue weighted by Crippen LogP contribution is -2.50. The zero-order valence-electron chi connectivity index (χ0n) is 35.3. The lowest BCUT2D eigenvalue weighted by atomic mass is 10.1. The van der Waals surface area contributed by atoms with Crippen LogP contribution in [0.1, 0.15) is 200 Å². The van der Waals surface area contributed by atoms with Crippen molar-refractivity contribution in [2.75, 3.05) is 66.6 Å². The summed E-state index contributed by atoms with van der Waals surface area (Å²) in [6, 6.07) is 0. The van der Waals surface area contributed by atoms with Crippen molar-refractivity contribution in [2.24, 2.45) is 0 Å². The van der Waals surface area contributed by atoms with Crippen molar-refractivity contribution in [1.82, 2.24) is 5.32 Å². The molecule has 0 fully saturated rings. The summed E-state index contributed by atoms with van der Waals surface area (Å²) in [5, 5.41) is 3.51. The van der Waals surface area contributed by atoms with Crippen LogP contribution in [0.15, 0.2) is 24.3 Å². The average molecular weight is 720 g/mol. The van der Waals surface area contributed by atoms with Gasteiger partial charge >= 0.3 is 0 Å². The van der Waals surface area contributed by atoms with Gasteiger partial charge < -0.3 is 25.0 Å². The maximum atomic E-state index is 7.36. The first-order valence-corrected chi connectivity index (χ1v) is 22.7. The normalized spacial score (nSPS) is 13.0. The molecule has 304 valence electrons. The van der Waals surface area contributed by atoms with E-state index in [0.717, 1.165) is 63.1 Å². The Balaban J connectivity index is 4.05. The van der Waals surface area contributed by atoms with E-state index in [1.165, 1.54) is 167 Å². The molecule has 0 aromatic heterocycles. The Kier molecular flexibility index (Phi) is 41.4. The van der Waals surface area contributed by atoms with Gasteiger partial charge in [-0.3, -0.25) is 0 Å². The third kappa shape index (κ3) is 41.9. The van der Waals surface area contributed by atoms with E-state index in [1.807, 2.05) is 0 Å². The van der Waals surface area contributed by atoms with Crippen LogP contribution in [-0.2, 0) is 9.47 Å². The number of nitrogens with one attached hydrogen (secondary N) is 2. The minimum atomic E-state index is 0.158. The van der Waals surface area contributed by atoms with Gasteiger partial charge in [0.25, 0.3) is 0 Å². The molecule has 1 unspecified atom stereocenters. The van der Waals surface area contributed by atoms with Crippen molar-refractivity contribution >= 4 is 0 Å². The monoisotopic (exact) mass is 720 g/mol. The summed E-state index contributed by atoms with van der Waals surface area (Å²) in [6.45, 7) is 11.5. The second-order valence-electron chi connectivity index (χ2n) is 16.1. The summed E-state index contributed by atoms with van der Waals surface area (Å²) in [4.78, 5) is 0. The van der Waals surface area contributed by atoms with Gasteiger partial charge in [-0.1, -0.05) is 160 Å². The molecule has 1 atom stereocenters. The fraction of sp³-hybridized carbons (Fsp3) is 0.913. The van der Waals surface area contributed by atoms with Crippen LogP contribution in [0.3, 0.4) is 0 Å². The number of hydrogen-bond acceptors (Lipinski definition) is 3. The number of unbranched alkanes of at least 4 members (excludes halogenated alkanes) is 24. The molecular weight excluding hydrogens is 627 g/mol. The van der Waals surface area contributed by atoms with E-state index < -0.39 is 0 Å². The molecule has 5 heteroatoms. The van der Waals surface area contributed by atoms with Crippen molar-refractivity contribution in [1.29, 1.82) is 0 Å². The van der Waals surface area contributed by atoms with Gasteiger partial charge in [-0.15, -0.1) is 6.54 Å². The van der Waals surface area contributed by atoms with E-state index in [-0.39, 0.29) is 6.10 Å². The molecule has 0 radical (unpaired) electrons. The quantitative estimate of drug-likeness (QED) is 0.0388. The van der Waals surface area contributed by atoms with Crippen LogP contribution >= 0.6 is 0 Å². The van der Waals surface area contributed by atoms with E-state index in [2.05, 4.69) is 57.6 Å². The van der Waals surface area contributed by atoms with Crippen molar-refractivity contribution in [3.05, 3.63) is 30.0 Å². The molecule has 0 heterocycles. The Morgan fingerprint density at radius 3 is 1.37 bits per heavy atom. The minimum Gasteiger partial charge on any atom is -0.677 e. The Morgan fingerprint density at radius 1 is 0.510 bits per heavy atom. The van der Waals surface area contributed by atoms with Crippen LogP contribution in [0, 0.1) is 0 Å². The second kappa shape index (κ2) is 42.0. The van der Waals surface area contributed by atoms with E-state index >= 15 is 0 Å². The number of hydrogen-bond donors (Lipinski definition) is 1. The fourth-order valence-corrected chi connectivity index (χ4v) is 6.78. The number of quaternary nitrogens is 1. The van der Waals surface area contributed by atoms with Gasteiger partial charge in [-0.2, -0.15) is 0 Å². The van der Waals surface area contributed by atoms with Crippen LogP contribution in [0.5, 0.6) is 0 Å². The summed E-state index contributed by atoms with van der Waals surface area (Å²) in [7, 11) is 4.63. The highest BCUT2D eigenvalue weighted by Gasteiger charge is 2.23. The molecule has 0 spiro atoms. The predicted octanol–water partition coefficient (Wildman–Crippen LogP) is 13.6. The molecule has 0 aromatic rings. The van der Waals surface area contributed by atoms with E-state index in [0.29, 0.717) is 13.2 Å². The SMILES string of the molecule is CCCCCCCC/C=C/CCCCCCCCOCC(C[N+](C)(C)CCNCCC[NH-])OCCCCCCCC/C=C/CCCCCCCC. The van der Waals surface area contributed by atoms with Crippen LogP contribution in [-0.4, -0.2) is 77.2 Å². The lowest BCUT2D eigenvalue weighted by molar-refractivity contribution is -0.892. The first kappa shape index (κ1) is 50.3. The lowest BCUT2D eigenvalue weighted by Gasteiger charge is -2.33. The summed E-state index contributed by atoms with van der Waals surface area (Å²) >= 11 is 0. The van der Waals surface area contributed by atoms with Gasteiger partial charge in [0.1, 0.15) is 12.6 Å². The first-order chi connectivity index (χ1) is 25.1. The summed E-state index contributed by atoms with van der Waals surface area (Å²) in [5.74, 6) is 0. The maximum absolute atomic E-state index is 7.36. The van der Waals surface area contributed by atoms with E-state index in [1.54, 1.807) is 0 Å².